The Labute approximate surface area is 176 Å². The fourth-order valence-electron chi connectivity index (χ4n) is 3.49. The molecule has 1 aliphatic heterocycles. The number of carbonyl (C=O) groups is 3. The molecule has 3 aromatic rings. The first-order valence-corrected chi connectivity index (χ1v) is 10.4. The maximum absolute atomic E-state index is 12.8. The summed E-state index contributed by atoms with van der Waals surface area (Å²) in [5.74, 6) is -1.32. The highest BCUT2D eigenvalue weighted by Crippen LogP contribution is 2.31. The van der Waals surface area contributed by atoms with E-state index in [1.807, 2.05) is 25.1 Å². The van der Waals surface area contributed by atoms with E-state index < -0.39 is 11.9 Å². The Kier molecular flexibility index (Phi) is 5.25. The van der Waals surface area contributed by atoms with E-state index in [-0.39, 0.29) is 42.8 Å². The highest BCUT2D eigenvalue weighted by Gasteiger charge is 2.36. The second-order valence-corrected chi connectivity index (χ2v) is 8.27. The monoisotopic (exact) mass is 427 g/mol. The van der Waals surface area contributed by atoms with Gasteiger partial charge in [-0.05, 0) is 32.0 Å². The molecule has 2 amide bonds. The molecule has 156 valence electrons. The van der Waals surface area contributed by atoms with E-state index in [0.29, 0.717) is 0 Å². The molecule has 1 aromatic carbocycles. The summed E-state index contributed by atoms with van der Waals surface area (Å²) in [5.41, 5.74) is 1.74. The fraction of sp³-hybridized carbons (Fsp3) is 0.350. The van der Waals surface area contributed by atoms with Gasteiger partial charge in [0.05, 0.1) is 33.9 Å². The van der Waals surface area contributed by atoms with Crippen molar-refractivity contribution in [2.24, 2.45) is 13.0 Å². The van der Waals surface area contributed by atoms with Gasteiger partial charge in [0.1, 0.15) is 11.4 Å². The van der Waals surface area contributed by atoms with Gasteiger partial charge in [-0.15, -0.1) is 11.3 Å². The Hall–Kier alpha value is -3.27. The predicted octanol–water partition coefficient (Wildman–Crippen LogP) is 2.51. The lowest BCUT2D eigenvalue weighted by atomic mass is 10.1. The van der Waals surface area contributed by atoms with Crippen molar-refractivity contribution < 1.29 is 19.1 Å². The predicted molar refractivity (Wildman–Crippen MR) is 113 cm³/mol. The van der Waals surface area contributed by atoms with Gasteiger partial charge in [0, 0.05) is 25.7 Å². The molecule has 0 bridgehead atoms. The molecule has 9 nitrogen and oxygen atoms in total. The van der Waals surface area contributed by atoms with Crippen LogP contribution in [0.25, 0.3) is 10.2 Å². The van der Waals surface area contributed by atoms with Crippen LogP contribution in [-0.4, -0.2) is 45.7 Å². The van der Waals surface area contributed by atoms with E-state index in [1.54, 1.807) is 30.2 Å². The summed E-state index contributed by atoms with van der Waals surface area (Å²) in [6.07, 6.45) is 1.44. The van der Waals surface area contributed by atoms with Crippen LogP contribution in [0.5, 0.6) is 0 Å². The largest absolute Gasteiger partial charge is 0.462 e. The summed E-state index contributed by atoms with van der Waals surface area (Å²) in [7, 11) is 1.62. The van der Waals surface area contributed by atoms with Crippen molar-refractivity contribution in [2.45, 2.75) is 20.3 Å². The first kappa shape index (κ1) is 20.0. The number of aromatic nitrogens is 3. The van der Waals surface area contributed by atoms with Gasteiger partial charge < -0.3 is 15.0 Å². The van der Waals surface area contributed by atoms with E-state index in [9.17, 15) is 14.4 Å². The number of aryl methyl sites for hydroxylation is 2. The Morgan fingerprint density at radius 1 is 1.37 bits per heavy atom. The number of rotatable bonds is 5. The molecule has 30 heavy (non-hydrogen) atoms. The molecule has 10 heteroatoms. The second kappa shape index (κ2) is 7.86. The molecular weight excluding hydrogens is 406 g/mol. The van der Waals surface area contributed by atoms with Gasteiger partial charge in [0.15, 0.2) is 0 Å². The van der Waals surface area contributed by atoms with Crippen molar-refractivity contribution in [3.63, 3.8) is 0 Å². The van der Waals surface area contributed by atoms with Crippen LogP contribution in [0.1, 0.15) is 28.7 Å². The van der Waals surface area contributed by atoms with Gasteiger partial charge in [-0.2, -0.15) is 5.10 Å². The lowest BCUT2D eigenvalue weighted by molar-refractivity contribution is -0.122. The summed E-state index contributed by atoms with van der Waals surface area (Å²) < 4.78 is 7.46. The Morgan fingerprint density at radius 3 is 2.93 bits per heavy atom. The van der Waals surface area contributed by atoms with E-state index >= 15 is 0 Å². The summed E-state index contributed by atoms with van der Waals surface area (Å²) >= 11 is 1.60. The zero-order valence-electron chi connectivity index (χ0n) is 16.8. The minimum atomic E-state index is -0.558. The molecule has 1 atom stereocenters. The van der Waals surface area contributed by atoms with E-state index in [0.717, 1.165) is 20.9 Å². The summed E-state index contributed by atoms with van der Waals surface area (Å²) in [5, 5.41) is 7.72. The number of fused-ring (bicyclic) bond motifs is 1. The first-order chi connectivity index (χ1) is 14.4. The minimum absolute atomic E-state index is 0.0898. The van der Waals surface area contributed by atoms with Crippen molar-refractivity contribution >= 4 is 50.8 Å². The van der Waals surface area contributed by atoms with Gasteiger partial charge in [0.25, 0.3) is 0 Å². The van der Waals surface area contributed by atoms with Crippen LogP contribution in [0.15, 0.2) is 24.4 Å². The number of thiazole rings is 1. The topological polar surface area (TPSA) is 106 Å². The third-order valence-electron chi connectivity index (χ3n) is 4.96. The lowest BCUT2D eigenvalue weighted by Crippen LogP contribution is -2.29. The number of ether oxygens (including phenoxy) is 1. The molecule has 0 aliphatic carbocycles. The molecule has 1 fully saturated rings. The summed E-state index contributed by atoms with van der Waals surface area (Å²) in [4.78, 5) is 43.6. The molecule has 1 saturated heterocycles. The van der Waals surface area contributed by atoms with E-state index in [1.165, 1.54) is 10.9 Å². The molecule has 4 rings (SSSR count). The maximum atomic E-state index is 12.8. The highest BCUT2D eigenvalue weighted by atomic mass is 32.1. The Bertz CT molecular complexity index is 1150. The van der Waals surface area contributed by atoms with E-state index in [4.69, 9.17) is 4.74 Å². The molecule has 0 spiro atoms. The van der Waals surface area contributed by atoms with Crippen LogP contribution in [0.3, 0.4) is 0 Å². The van der Waals surface area contributed by atoms with Crippen LogP contribution in [-0.2, 0) is 21.4 Å². The number of hydrogen-bond donors (Lipinski definition) is 1. The van der Waals surface area contributed by atoms with Crippen molar-refractivity contribution in [1.29, 1.82) is 0 Å². The molecular formula is C20H21N5O4S. The lowest BCUT2D eigenvalue weighted by Gasteiger charge is -2.17. The van der Waals surface area contributed by atoms with Gasteiger partial charge in [-0.3, -0.25) is 14.3 Å². The number of hydrogen-bond acceptors (Lipinski definition) is 7. The zero-order chi connectivity index (χ0) is 21.4. The first-order valence-electron chi connectivity index (χ1n) is 9.55. The quantitative estimate of drug-likeness (QED) is 0.627. The molecule has 2 aromatic heterocycles. The Balaban J connectivity index is 1.51. The normalized spacial score (nSPS) is 16.3. The molecule has 0 radical (unpaired) electrons. The molecule has 1 N–H and O–H groups in total. The molecule has 3 heterocycles. The van der Waals surface area contributed by atoms with Crippen LogP contribution >= 0.6 is 11.3 Å². The standard InChI is InChI=1S/C20H21N5O4S/c1-4-29-20(28)14-9-21-24(3)18(14)23-19(27)12-7-17(26)25(10-12)13-5-6-16-15(8-13)22-11(2)30-16/h5-6,8-9,12H,4,7,10H2,1-3H3,(H,23,27). The van der Waals surface area contributed by atoms with Crippen LogP contribution < -0.4 is 10.2 Å². The molecule has 1 unspecified atom stereocenters. The number of esters is 1. The van der Waals surface area contributed by atoms with E-state index in [2.05, 4.69) is 15.4 Å². The smallest absolute Gasteiger partial charge is 0.343 e. The fourth-order valence-corrected chi connectivity index (χ4v) is 4.30. The maximum Gasteiger partial charge on any atom is 0.343 e. The summed E-state index contributed by atoms with van der Waals surface area (Å²) in [6, 6.07) is 5.69. The summed E-state index contributed by atoms with van der Waals surface area (Å²) in [6.45, 7) is 4.12. The van der Waals surface area contributed by atoms with Crippen molar-refractivity contribution in [2.75, 3.05) is 23.4 Å². The minimum Gasteiger partial charge on any atom is -0.462 e. The third-order valence-corrected chi connectivity index (χ3v) is 5.91. The van der Waals surface area contributed by atoms with Gasteiger partial charge in [-0.25, -0.2) is 9.78 Å². The number of nitrogens with one attached hydrogen (secondary N) is 1. The van der Waals surface area contributed by atoms with Crippen LogP contribution in [0, 0.1) is 12.8 Å². The highest BCUT2D eigenvalue weighted by molar-refractivity contribution is 7.18. The van der Waals surface area contributed by atoms with Crippen molar-refractivity contribution in [3.05, 3.63) is 35.0 Å². The zero-order valence-corrected chi connectivity index (χ0v) is 17.7. The average Bonchev–Trinajstić information content (AvgIpc) is 3.38. The van der Waals surface area contributed by atoms with Gasteiger partial charge in [-0.1, -0.05) is 0 Å². The number of anilines is 2. The Morgan fingerprint density at radius 2 is 2.17 bits per heavy atom. The van der Waals surface area contributed by atoms with Crippen molar-refractivity contribution in [1.82, 2.24) is 14.8 Å². The average molecular weight is 427 g/mol. The third kappa shape index (κ3) is 3.65. The van der Waals surface area contributed by atoms with Gasteiger partial charge in [0.2, 0.25) is 11.8 Å². The number of nitrogens with zero attached hydrogens (tertiary/aromatic N) is 4. The van der Waals surface area contributed by atoms with Crippen LogP contribution in [0.4, 0.5) is 11.5 Å². The number of amides is 2. The van der Waals surface area contributed by atoms with Crippen LogP contribution in [0.2, 0.25) is 0 Å². The number of carbonyl (C=O) groups excluding carboxylic acids is 3. The SMILES string of the molecule is CCOC(=O)c1cnn(C)c1NC(=O)C1CC(=O)N(c2ccc3sc(C)nc3c2)C1. The van der Waals surface area contributed by atoms with Crippen molar-refractivity contribution in [3.8, 4) is 0 Å². The molecule has 0 saturated carbocycles. The van der Waals surface area contributed by atoms with Gasteiger partial charge >= 0.3 is 5.97 Å². The number of benzene rings is 1. The second-order valence-electron chi connectivity index (χ2n) is 7.03. The molecule has 1 aliphatic rings.